The maximum absolute atomic E-state index is 13.0. The van der Waals surface area contributed by atoms with Crippen LogP contribution in [0.15, 0.2) is 66.1 Å². The minimum atomic E-state index is -3.82. The molecule has 0 aromatic heterocycles. The molecule has 0 radical (unpaired) electrons. The first-order valence-electron chi connectivity index (χ1n) is 7.11. The van der Waals surface area contributed by atoms with Gasteiger partial charge in [0, 0.05) is 6.07 Å². The van der Waals surface area contributed by atoms with E-state index in [4.69, 9.17) is 4.74 Å². The fourth-order valence-corrected chi connectivity index (χ4v) is 3.52. The number of nitrogens with zero attached hydrogens (tertiary/aromatic N) is 1. The first-order valence-corrected chi connectivity index (χ1v) is 8.55. The van der Waals surface area contributed by atoms with Crippen molar-refractivity contribution < 1.29 is 17.5 Å². The summed E-state index contributed by atoms with van der Waals surface area (Å²) < 4.78 is 45.3. The van der Waals surface area contributed by atoms with E-state index in [1.165, 1.54) is 22.5 Å². The van der Waals surface area contributed by atoms with Gasteiger partial charge in [0.25, 0.3) is 10.0 Å². The van der Waals surface area contributed by atoms with Gasteiger partial charge in [-0.25, -0.2) is 12.8 Å². The van der Waals surface area contributed by atoms with Gasteiger partial charge in [0.05, 0.1) is 23.7 Å². The molecule has 122 valence electrons. The zero-order valence-corrected chi connectivity index (χ0v) is 13.6. The summed E-state index contributed by atoms with van der Waals surface area (Å²) in [6.07, 6.45) is 1.49. The Balaban J connectivity index is 2.46. The second kappa shape index (κ2) is 7.28. The van der Waals surface area contributed by atoms with Crippen LogP contribution >= 0.6 is 0 Å². The summed E-state index contributed by atoms with van der Waals surface area (Å²) in [5, 5.41) is 0. The third-order valence-electron chi connectivity index (χ3n) is 3.11. The second-order valence-corrected chi connectivity index (χ2v) is 6.57. The Morgan fingerprint density at radius 1 is 1.22 bits per heavy atom. The lowest BCUT2D eigenvalue weighted by Crippen LogP contribution is -2.31. The Morgan fingerprint density at radius 2 is 1.91 bits per heavy atom. The molecule has 0 saturated carbocycles. The van der Waals surface area contributed by atoms with Crippen molar-refractivity contribution in [2.24, 2.45) is 0 Å². The second-order valence-electron chi connectivity index (χ2n) is 4.71. The summed E-state index contributed by atoms with van der Waals surface area (Å²) in [4.78, 5) is 0.0163. The highest BCUT2D eigenvalue weighted by molar-refractivity contribution is 7.92. The fourth-order valence-electron chi connectivity index (χ4n) is 2.09. The van der Waals surface area contributed by atoms with E-state index in [1.807, 2.05) is 6.92 Å². The number of ether oxygens (including phenoxy) is 1. The van der Waals surface area contributed by atoms with E-state index in [9.17, 15) is 12.8 Å². The van der Waals surface area contributed by atoms with Crippen molar-refractivity contribution in [3.8, 4) is 5.75 Å². The fraction of sp³-hybridized carbons (Fsp3) is 0.176. The number of hydrogen-bond donors (Lipinski definition) is 0. The minimum absolute atomic E-state index is 0.0163. The smallest absolute Gasteiger partial charge is 0.264 e. The lowest BCUT2D eigenvalue weighted by Gasteiger charge is -2.23. The van der Waals surface area contributed by atoms with Crippen LogP contribution in [-0.4, -0.2) is 21.6 Å². The summed E-state index contributed by atoms with van der Waals surface area (Å²) in [5.41, 5.74) is 0.458. The van der Waals surface area contributed by atoms with Crippen LogP contribution in [0.5, 0.6) is 5.75 Å². The number of hydrogen-bond acceptors (Lipinski definition) is 3. The van der Waals surface area contributed by atoms with Gasteiger partial charge >= 0.3 is 0 Å². The summed E-state index contributed by atoms with van der Waals surface area (Å²) in [6.45, 7) is 6.03. The molecule has 0 aliphatic carbocycles. The maximum Gasteiger partial charge on any atom is 0.264 e. The molecule has 0 N–H and O–H groups in total. The third kappa shape index (κ3) is 3.90. The Bertz CT molecular complexity index is 773. The summed E-state index contributed by atoms with van der Waals surface area (Å²) in [7, 11) is -3.82. The van der Waals surface area contributed by atoms with Crippen molar-refractivity contribution in [2.75, 3.05) is 17.5 Å². The van der Waals surface area contributed by atoms with E-state index in [0.717, 1.165) is 12.1 Å². The van der Waals surface area contributed by atoms with E-state index in [1.54, 1.807) is 24.3 Å². The highest BCUT2D eigenvalue weighted by atomic mass is 32.2. The van der Waals surface area contributed by atoms with Gasteiger partial charge in [-0.05, 0) is 43.3 Å². The molecule has 0 saturated heterocycles. The zero-order chi connectivity index (χ0) is 16.9. The first-order chi connectivity index (χ1) is 11.0. The lowest BCUT2D eigenvalue weighted by molar-refractivity contribution is 0.340. The molecule has 0 bridgehead atoms. The van der Waals surface area contributed by atoms with Gasteiger partial charge in [-0.3, -0.25) is 4.31 Å². The largest absolute Gasteiger partial charge is 0.494 e. The Hall–Kier alpha value is -2.34. The molecule has 6 heteroatoms. The van der Waals surface area contributed by atoms with E-state index < -0.39 is 15.8 Å². The number of sulfonamides is 1. The van der Waals surface area contributed by atoms with Gasteiger partial charge in [-0.15, -0.1) is 6.58 Å². The van der Waals surface area contributed by atoms with Crippen molar-refractivity contribution in [2.45, 2.75) is 11.8 Å². The highest BCUT2D eigenvalue weighted by Gasteiger charge is 2.24. The van der Waals surface area contributed by atoms with Gasteiger partial charge in [0.2, 0.25) is 0 Å². The van der Waals surface area contributed by atoms with Crippen molar-refractivity contribution >= 4 is 15.7 Å². The van der Waals surface area contributed by atoms with Crippen LogP contribution < -0.4 is 9.04 Å². The molecule has 0 atom stereocenters. The molecule has 0 heterocycles. The van der Waals surface area contributed by atoms with Gasteiger partial charge in [0.15, 0.2) is 0 Å². The highest BCUT2D eigenvalue weighted by Crippen LogP contribution is 2.27. The van der Waals surface area contributed by atoms with Gasteiger partial charge in [-0.1, -0.05) is 12.1 Å². The summed E-state index contributed by atoms with van der Waals surface area (Å²) in [5.74, 6) is 0.0888. The Kier molecular flexibility index (Phi) is 5.39. The van der Waals surface area contributed by atoms with E-state index in [-0.39, 0.29) is 11.4 Å². The van der Waals surface area contributed by atoms with Crippen molar-refractivity contribution in [3.05, 3.63) is 67.0 Å². The normalized spacial score (nSPS) is 11.0. The lowest BCUT2D eigenvalue weighted by atomic mass is 10.3. The van der Waals surface area contributed by atoms with Crippen molar-refractivity contribution in [1.29, 1.82) is 0 Å². The summed E-state index contributed by atoms with van der Waals surface area (Å²) >= 11 is 0. The minimum Gasteiger partial charge on any atom is -0.494 e. The molecule has 2 aromatic carbocycles. The first kappa shape index (κ1) is 17.0. The van der Waals surface area contributed by atoms with Crippen LogP contribution in [0.4, 0.5) is 10.1 Å². The van der Waals surface area contributed by atoms with Crippen LogP contribution in [0.1, 0.15) is 6.92 Å². The molecular weight excluding hydrogens is 317 g/mol. The average Bonchev–Trinajstić information content (AvgIpc) is 2.53. The quantitative estimate of drug-likeness (QED) is 0.726. The molecule has 0 spiro atoms. The van der Waals surface area contributed by atoms with Gasteiger partial charge in [-0.2, -0.15) is 0 Å². The molecule has 2 rings (SSSR count). The molecule has 0 amide bonds. The summed E-state index contributed by atoms with van der Waals surface area (Å²) in [6, 6.07) is 11.5. The molecule has 0 aliphatic heterocycles. The third-order valence-corrected chi connectivity index (χ3v) is 4.92. The predicted octanol–water partition coefficient (Wildman–Crippen LogP) is 3.61. The molecule has 4 nitrogen and oxygen atoms in total. The van der Waals surface area contributed by atoms with Crippen LogP contribution in [-0.2, 0) is 10.0 Å². The topological polar surface area (TPSA) is 46.6 Å². The number of rotatable bonds is 7. The molecule has 0 unspecified atom stereocenters. The Labute approximate surface area is 135 Å². The molecule has 0 fully saturated rings. The molecule has 0 aliphatic rings. The number of halogens is 1. The van der Waals surface area contributed by atoms with Gasteiger partial charge < -0.3 is 4.74 Å². The van der Waals surface area contributed by atoms with Crippen LogP contribution in [0.3, 0.4) is 0 Å². The van der Waals surface area contributed by atoms with Gasteiger partial charge in [0.1, 0.15) is 11.6 Å². The number of anilines is 1. The number of benzene rings is 2. The molecule has 2 aromatic rings. The van der Waals surface area contributed by atoms with Crippen LogP contribution in [0, 0.1) is 5.82 Å². The van der Waals surface area contributed by atoms with Crippen molar-refractivity contribution in [3.63, 3.8) is 0 Å². The SMILES string of the molecule is C=CCN(c1cccc(OCC)c1)S(=O)(=O)c1ccc(F)cc1. The maximum atomic E-state index is 13.0. The van der Waals surface area contributed by atoms with E-state index in [0.29, 0.717) is 18.0 Å². The molecule has 23 heavy (non-hydrogen) atoms. The van der Waals surface area contributed by atoms with E-state index in [2.05, 4.69) is 6.58 Å². The zero-order valence-electron chi connectivity index (χ0n) is 12.8. The predicted molar refractivity (Wildman–Crippen MR) is 88.7 cm³/mol. The standard InChI is InChI=1S/C17H18FNO3S/c1-3-12-19(15-6-5-7-16(13-15)22-4-2)23(20,21)17-10-8-14(18)9-11-17/h3,5-11,13H,1,4,12H2,2H3. The Morgan fingerprint density at radius 3 is 2.52 bits per heavy atom. The van der Waals surface area contributed by atoms with Crippen LogP contribution in [0.25, 0.3) is 0 Å². The average molecular weight is 335 g/mol. The monoisotopic (exact) mass is 335 g/mol. The van der Waals surface area contributed by atoms with Crippen LogP contribution in [0.2, 0.25) is 0 Å². The molecular formula is C17H18FNO3S. The van der Waals surface area contributed by atoms with E-state index >= 15 is 0 Å². The van der Waals surface area contributed by atoms with Crippen molar-refractivity contribution in [1.82, 2.24) is 0 Å².